The lowest BCUT2D eigenvalue weighted by Gasteiger charge is -2.10. The Bertz CT molecular complexity index is 410. The fourth-order valence-electron chi connectivity index (χ4n) is 1.91. The quantitative estimate of drug-likeness (QED) is 0.207. The van der Waals surface area contributed by atoms with E-state index in [1.165, 1.54) is 12.2 Å². The van der Waals surface area contributed by atoms with Crippen LogP contribution in [0.4, 0.5) is 17.6 Å². The second-order valence-corrected chi connectivity index (χ2v) is 6.04. The summed E-state index contributed by atoms with van der Waals surface area (Å²) in [5, 5.41) is 0. The molecule has 0 aromatic heterocycles. The molecule has 0 amide bonds. The summed E-state index contributed by atoms with van der Waals surface area (Å²) in [5.74, 6) is 0. The Morgan fingerprint density at radius 3 is 1.33 bits per heavy atom. The van der Waals surface area contributed by atoms with Crippen molar-refractivity contribution in [3.63, 3.8) is 0 Å². The summed E-state index contributed by atoms with van der Waals surface area (Å²) < 4.78 is 73.2. The average Bonchev–Trinajstić information content (AvgIpc) is 2.47. The van der Waals surface area contributed by atoms with Crippen molar-refractivity contribution in [3.05, 3.63) is 23.3 Å². The Balaban J connectivity index is 4.64. The average molecular weight is 373 g/mol. The van der Waals surface area contributed by atoms with Gasteiger partial charge in [0.2, 0.25) is 0 Å². The summed E-state index contributed by atoms with van der Waals surface area (Å²) in [7, 11) is -3.64. The zero-order valence-electron chi connectivity index (χ0n) is 14.6. The molecule has 3 nitrogen and oxygen atoms in total. The van der Waals surface area contributed by atoms with E-state index in [9.17, 15) is 22.1 Å². The molecule has 24 heavy (non-hydrogen) atoms. The molecule has 0 atom stereocenters. The smallest absolute Gasteiger partial charge is 0.171 e. The van der Waals surface area contributed by atoms with E-state index in [1.54, 1.807) is 0 Å². The number of halogens is 4. The van der Waals surface area contributed by atoms with Gasteiger partial charge in [0.15, 0.2) is 0 Å². The van der Waals surface area contributed by atoms with Crippen molar-refractivity contribution in [1.82, 2.24) is 0 Å². The Morgan fingerprint density at radius 1 is 0.792 bits per heavy atom. The second-order valence-electron chi connectivity index (χ2n) is 5.23. The third kappa shape index (κ3) is 10.2. The molecule has 0 unspecified atom stereocenters. The van der Waals surface area contributed by atoms with Crippen LogP contribution in [-0.4, -0.2) is 12.2 Å². The van der Waals surface area contributed by atoms with Crippen LogP contribution in [0.15, 0.2) is 23.3 Å². The van der Waals surface area contributed by atoms with Gasteiger partial charge >= 0.3 is 20.5 Å². The summed E-state index contributed by atoms with van der Waals surface area (Å²) >= 11 is 0. The van der Waals surface area contributed by atoms with Gasteiger partial charge in [-0.2, -0.15) is 17.6 Å². The molecule has 0 radical (unpaired) electrons. The molecule has 0 saturated carbocycles. The highest BCUT2D eigenvalue weighted by Gasteiger charge is 2.49. The first kappa shape index (κ1) is 23.2. The molecule has 0 saturated heterocycles. The van der Waals surface area contributed by atoms with Gasteiger partial charge in [-0.15, -0.1) is 0 Å². The largest absolute Gasteiger partial charge is 0.710 e. The third-order valence-corrected chi connectivity index (χ3v) is 4.32. The lowest BCUT2D eigenvalue weighted by atomic mass is 10.1. The third-order valence-electron chi connectivity index (χ3n) is 3.49. The summed E-state index contributed by atoms with van der Waals surface area (Å²) in [6.45, 7) is 7.25. The Hall–Kier alpha value is -0.780. The van der Waals surface area contributed by atoms with Crippen molar-refractivity contribution < 1.29 is 31.2 Å². The van der Waals surface area contributed by atoms with Crippen molar-refractivity contribution in [2.45, 2.75) is 78.4 Å². The van der Waals surface area contributed by atoms with Gasteiger partial charge in [-0.3, -0.25) is 0 Å². The van der Waals surface area contributed by atoms with Gasteiger partial charge in [0, 0.05) is 4.57 Å². The van der Waals surface area contributed by atoms with Gasteiger partial charge in [0.25, 0.3) is 0 Å². The van der Waals surface area contributed by atoms with E-state index in [-0.39, 0.29) is 0 Å². The second kappa shape index (κ2) is 11.0. The molecule has 0 bridgehead atoms. The molecule has 0 aliphatic heterocycles. The van der Waals surface area contributed by atoms with Crippen LogP contribution >= 0.6 is 8.25 Å². The molecule has 0 N–H and O–H groups in total. The van der Waals surface area contributed by atoms with E-state index < -0.39 is 33.3 Å². The van der Waals surface area contributed by atoms with Crippen LogP contribution < -0.4 is 0 Å². The summed E-state index contributed by atoms with van der Waals surface area (Å²) in [4.78, 5) is 0. The normalized spacial score (nSPS) is 12.0. The van der Waals surface area contributed by atoms with Crippen LogP contribution in [0.2, 0.25) is 0 Å². The van der Waals surface area contributed by atoms with E-state index in [1.807, 2.05) is 27.7 Å². The highest BCUT2D eigenvalue weighted by atomic mass is 31.1. The standard InChI is InChI=1S/C16H26F4O3P/c1-5-13(6-2)9-11-15(17,18)22-24(21)23-16(19,20)12-10-14(7-3)8-4/h9-10H,5-8,11-12H2,1-4H3/q+1. The minimum atomic E-state index is -3.83. The lowest BCUT2D eigenvalue weighted by Crippen LogP contribution is -2.21. The van der Waals surface area contributed by atoms with Crippen LogP contribution in [0.1, 0.15) is 66.2 Å². The van der Waals surface area contributed by atoms with Gasteiger partial charge in [0.05, 0.1) is 12.8 Å². The molecular weight excluding hydrogens is 347 g/mol. The molecule has 0 rings (SSSR count). The van der Waals surface area contributed by atoms with Crippen LogP contribution in [-0.2, 0) is 13.6 Å². The fraction of sp³-hybridized carbons (Fsp3) is 0.750. The van der Waals surface area contributed by atoms with Crippen molar-refractivity contribution in [1.29, 1.82) is 0 Å². The zero-order valence-corrected chi connectivity index (χ0v) is 15.5. The first-order valence-electron chi connectivity index (χ1n) is 8.06. The SMILES string of the molecule is CCC(=CCC(F)(F)O[P+](=O)OC(F)(F)CC=C(CC)CC)CC. The Labute approximate surface area is 142 Å². The number of rotatable bonds is 12. The van der Waals surface area contributed by atoms with E-state index in [0.29, 0.717) is 25.7 Å². The van der Waals surface area contributed by atoms with E-state index in [0.717, 1.165) is 11.1 Å². The van der Waals surface area contributed by atoms with Crippen LogP contribution in [0.5, 0.6) is 0 Å². The molecule has 140 valence electrons. The summed E-state index contributed by atoms with van der Waals surface area (Å²) in [6, 6.07) is 0. The number of allylic oxidation sites excluding steroid dienone is 2. The van der Waals surface area contributed by atoms with Crippen molar-refractivity contribution in [3.8, 4) is 0 Å². The molecule has 0 heterocycles. The predicted molar refractivity (Wildman–Crippen MR) is 86.2 cm³/mol. The molecule has 0 aromatic rings. The summed E-state index contributed by atoms with van der Waals surface area (Å²) in [5.41, 5.74) is 1.55. The maximum Gasteiger partial charge on any atom is 0.710 e. The van der Waals surface area contributed by atoms with Crippen molar-refractivity contribution in [2.24, 2.45) is 0 Å². The topological polar surface area (TPSA) is 35.5 Å². The predicted octanol–water partition coefficient (Wildman–Crippen LogP) is 7.14. The number of alkyl halides is 4. The number of hydrogen-bond donors (Lipinski definition) is 0. The van der Waals surface area contributed by atoms with Gasteiger partial charge in [-0.05, 0) is 34.7 Å². The fourth-order valence-corrected chi connectivity index (χ4v) is 2.54. The van der Waals surface area contributed by atoms with Crippen molar-refractivity contribution >= 4 is 8.25 Å². The molecular formula is C16H26F4O3P+. The molecule has 0 aromatic carbocycles. The number of hydrogen-bond acceptors (Lipinski definition) is 3. The highest BCUT2D eigenvalue weighted by Crippen LogP contribution is 2.41. The van der Waals surface area contributed by atoms with Crippen LogP contribution in [0.25, 0.3) is 0 Å². The molecule has 0 aliphatic carbocycles. The lowest BCUT2D eigenvalue weighted by molar-refractivity contribution is -0.206. The molecule has 0 spiro atoms. The molecule has 0 aliphatic rings. The zero-order chi connectivity index (χ0) is 18.8. The van der Waals surface area contributed by atoms with Crippen LogP contribution in [0, 0.1) is 0 Å². The Kier molecular flexibility index (Phi) is 10.6. The first-order valence-corrected chi connectivity index (χ1v) is 9.15. The first-order chi connectivity index (χ1) is 11.1. The van der Waals surface area contributed by atoms with Crippen LogP contribution in [0.3, 0.4) is 0 Å². The van der Waals surface area contributed by atoms with E-state index >= 15 is 0 Å². The van der Waals surface area contributed by atoms with E-state index in [4.69, 9.17) is 0 Å². The van der Waals surface area contributed by atoms with Gasteiger partial charge in [0.1, 0.15) is 0 Å². The van der Waals surface area contributed by atoms with Gasteiger partial charge < -0.3 is 0 Å². The minimum absolute atomic E-state index is 0.594. The van der Waals surface area contributed by atoms with E-state index in [2.05, 4.69) is 9.05 Å². The maximum atomic E-state index is 13.5. The molecule has 0 fully saturated rings. The monoisotopic (exact) mass is 373 g/mol. The summed E-state index contributed by atoms with van der Waals surface area (Å²) in [6.07, 6.45) is -4.43. The van der Waals surface area contributed by atoms with Gasteiger partial charge in [-0.25, -0.2) is 0 Å². The molecule has 8 heteroatoms. The highest BCUT2D eigenvalue weighted by molar-refractivity contribution is 7.33. The Morgan fingerprint density at radius 2 is 1.08 bits per heavy atom. The minimum Gasteiger partial charge on any atom is -0.171 e. The maximum absolute atomic E-state index is 13.5. The van der Waals surface area contributed by atoms with Gasteiger partial charge in [-0.1, -0.05) is 51.0 Å². The van der Waals surface area contributed by atoms with Crippen molar-refractivity contribution in [2.75, 3.05) is 0 Å².